The Bertz CT molecular complexity index is 568. The first-order valence-corrected chi connectivity index (χ1v) is 5.24. The van der Waals surface area contributed by atoms with Crippen LogP contribution in [0.25, 0.3) is 10.8 Å². The first-order valence-electron chi connectivity index (χ1n) is 5.24. The van der Waals surface area contributed by atoms with Gasteiger partial charge in [0.1, 0.15) is 7.85 Å². The largest absolute Gasteiger partial charge is 0.277 e. The second-order valence-electron chi connectivity index (χ2n) is 3.73. The van der Waals surface area contributed by atoms with E-state index in [1.807, 2.05) is 30.3 Å². The van der Waals surface area contributed by atoms with Crippen LogP contribution in [0.3, 0.4) is 0 Å². The van der Waals surface area contributed by atoms with E-state index in [2.05, 4.69) is 0 Å². The predicted octanol–water partition coefficient (Wildman–Crippen LogP) is 1.27. The van der Waals surface area contributed by atoms with Crippen molar-refractivity contribution in [3.63, 3.8) is 0 Å². The molecule has 0 aliphatic rings. The summed E-state index contributed by atoms with van der Waals surface area (Å²) in [5, 5.41) is 2.90. The molecule has 2 radical (unpaired) electrons. The van der Waals surface area contributed by atoms with E-state index in [1.54, 1.807) is 13.1 Å². The van der Waals surface area contributed by atoms with Gasteiger partial charge in [0.25, 0.3) is 5.91 Å². The van der Waals surface area contributed by atoms with Gasteiger partial charge in [-0.2, -0.15) is 0 Å². The van der Waals surface area contributed by atoms with Crippen molar-refractivity contribution in [2.24, 2.45) is 0 Å². The maximum atomic E-state index is 12.1. The second kappa shape index (κ2) is 4.59. The molecule has 0 aliphatic carbocycles. The van der Waals surface area contributed by atoms with Gasteiger partial charge in [0.15, 0.2) is 0 Å². The predicted molar refractivity (Wildman–Crippen MR) is 68.4 cm³/mol. The molecule has 4 heteroatoms. The summed E-state index contributed by atoms with van der Waals surface area (Å²) in [7, 11) is 8.91. The first kappa shape index (κ1) is 11.7. The van der Waals surface area contributed by atoms with Gasteiger partial charge < -0.3 is 0 Å². The van der Waals surface area contributed by atoms with E-state index in [9.17, 15) is 4.79 Å². The van der Waals surface area contributed by atoms with Crippen LogP contribution in [0.15, 0.2) is 36.4 Å². The minimum Gasteiger partial charge on any atom is -0.274 e. The summed E-state index contributed by atoms with van der Waals surface area (Å²) in [6, 6.07) is 11.0. The third-order valence-corrected chi connectivity index (χ3v) is 2.75. The fourth-order valence-electron chi connectivity index (χ4n) is 1.77. The number of hydrogen-bond donors (Lipinski definition) is 0. The van der Waals surface area contributed by atoms with Crippen LogP contribution in [-0.2, 0) is 4.84 Å². The Labute approximate surface area is 101 Å². The summed E-state index contributed by atoms with van der Waals surface area (Å²) >= 11 is 0. The summed E-state index contributed by atoms with van der Waals surface area (Å²) in [4.78, 5) is 17.0. The average Bonchev–Trinajstić information content (AvgIpc) is 2.37. The molecular formula is C13H12BNO2. The number of nitrogens with zero attached hydrogens (tertiary/aromatic N) is 1. The molecule has 1 amide bonds. The number of fused-ring (bicyclic) bond motifs is 1. The molecule has 2 aromatic rings. The fraction of sp³-hybridized carbons (Fsp3) is 0.154. The molecule has 3 nitrogen and oxygen atoms in total. The van der Waals surface area contributed by atoms with Gasteiger partial charge in [0.05, 0.1) is 7.11 Å². The third kappa shape index (κ3) is 2.04. The van der Waals surface area contributed by atoms with Crippen LogP contribution in [0.5, 0.6) is 0 Å². The van der Waals surface area contributed by atoms with Crippen molar-refractivity contribution >= 4 is 30.0 Å². The Morgan fingerprint density at radius 2 is 1.82 bits per heavy atom. The Kier molecular flexibility index (Phi) is 3.15. The Balaban J connectivity index is 2.63. The summed E-state index contributed by atoms with van der Waals surface area (Å²) in [6.07, 6.45) is 0. The van der Waals surface area contributed by atoms with Crippen molar-refractivity contribution in [2.75, 3.05) is 14.2 Å². The molecule has 2 aromatic carbocycles. The van der Waals surface area contributed by atoms with Gasteiger partial charge in [0.2, 0.25) is 0 Å². The highest BCUT2D eigenvalue weighted by Crippen LogP contribution is 2.18. The van der Waals surface area contributed by atoms with Crippen molar-refractivity contribution in [3.05, 3.63) is 42.0 Å². The molecular weight excluding hydrogens is 213 g/mol. The van der Waals surface area contributed by atoms with Crippen LogP contribution < -0.4 is 5.46 Å². The lowest BCUT2D eigenvalue weighted by molar-refractivity contribution is -0.0755. The number of amides is 1. The van der Waals surface area contributed by atoms with Crippen LogP contribution in [0.2, 0.25) is 0 Å². The van der Waals surface area contributed by atoms with Crippen LogP contribution in [0.4, 0.5) is 0 Å². The number of carbonyl (C=O) groups is 1. The molecule has 0 saturated heterocycles. The molecule has 0 aromatic heterocycles. The molecule has 17 heavy (non-hydrogen) atoms. The topological polar surface area (TPSA) is 29.5 Å². The number of carbonyl (C=O) groups excluding carboxylic acids is 1. The molecule has 0 saturated carbocycles. The molecule has 0 fully saturated rings. The monoisotopic (exact) mass is 225 g/mol. The number of hydroxylamine groups is 2. The van der Waals surface area contributed by atoms with Crippen molar-refractivity contribution in [1.82, 2.24) is 5.06 Å². The number of hydrogen-bond acceptors (Lipinski definition) is 2. The van der Waals surface area contributed by atoms with Gasteiger partial charge >= 0.3 is 0 Å². The van der Waals surface area contributed by atoms with Gasteiger partial charge in [-0.3, -0.25) is 9.63 Å². The zero-order chi connectivity index (χ0) is 12.4. The van der Waals surface area contributed by atoms with Crippen LogP contribution >= 0.6 is 0 Å². The highest BCUT2D eigenvalue weighted by atomic mass is 16.7. The first-order chi connectivity index (χ1) is 8.15. The second-order valence-corrected chi connectivity index (χ2v) is 3.73. The zero-order valence-electron chi connectivity index (χ0n) is 9.81. The van der Waals surface area contributed by atoms with Gasteiger partial charge in [-0.25, -0.2) is 5.06 Å². The average molecular weight is 225 g/mol. The van der Waals surface area contributed by atoms with Crippen LogP contribution in [-0.4, -0.2) is 33.0 Å². The smallest absolute Gasteiger partial charge is 0.274 e. The van der Waals surface area contributed by atoms with E-state index in [4.69, 9.17) is 12.7 Å². The van der Waals surface area contributed by atoms with E-state index in [1.165, 1.54) is 12.2 Å². The summed E-state index contributed by atoms with van der Waals surface area (Å²) in [5.41, 5.74) is 1.25. The summed E-state index contributed by atoms with van der Waals surface area (Å²) in [5.74, 6) is -0.191. The quantitative estimate of drug-likeness (QED) is 0.568. The Hall–Kier alpha value is -1.81. The van der Waals surface area contributed by atoms with Gasteiger partial charge in [-0.1, -0.05) is 35.8 Å². The Morgan fingerprint density at radius 3 is 2.53 bits per heavy atom. The lowest BCUT2D eigenvalue weighted by Crippen LogP contribution is -2.25. The maximum absolute atomic E-state index is 12.1. The van der Waals surface area contributed by atoms with Crippen LogP contribution in [0.1, 0.15) is 10.4 Å². The van der Waals surface area contributed by atoms with E-state index in [0.717, 1.165) is 10.8 Å². The molecule has 0 N–H and O–H groups in total. The molecule has 84 valence electrons. The highest BCUT2D eigenvalue weighted by Gasteiger charge is 2.14. The van der Waals surface area contributed by atoms with E-state index in [-0.39, 0.29) is 5.91 Å². The van der Waals surface area contributed by atoms with E-state index >= 15 is 0 Å². The molecule has 0 spiro atoms. The standard InChI is InChI=1S/C13H12BNO2/c1-15(17-2)13(16)11-7-3-6-10-9(11)5-4-8-12(10)14/h3-8H,1-2H3. The number of rotatable bonds is 2. The van der Waals surface area contributed by atoms with E-state index in [0.29, 0.717) is 11.0 Å². The van der Waals surface area contributed by atoms with Crippen molar-refractivity contribution < 1.29 is 9.63 Å². The van der Waals surface area contributed by atoms with Crippen molar-refractivity contribution in [2.45, 2.75) is 0 Å². The summed E-state index contributed by atoms with van der Waals surface area (Å²) < 4.78 is 0. The van der Waals surface area contributed by atoms with Gasteiger partial charge in [0, 0.05) is 12.6 Å². The fourth-order valence-corrected chi connectivity index (χ4v) is 1.77. The normalized spacial score (nSPS) is 10.5. The molecule has 0 bridgehead atoms. The lowest BCUT2D eigenvalue weighted by Gasteiger charge is -2.15. The van der Waals surface area contributed by atoms with Crippen LogP contribution in [0, 0.1) is 0 Å². The highest BCUT2D eigenvalue weighted by molar-refractivity contribution is 6.39. The Morgan fingerprint density at radius 1 is 1.18 bits per heavy atom. The number of benzene rings is 2. The SMILES string of the molecule is [B]c1cccc2c(C(=O)N(C)OC)cccc12. The zero-order valence-corrected chi connectivity index (χ0v) is 9.81. The van der Waals surface area contributed by atoms with Crippen molar-refractivity contribution in [1.29, 1.82) is 0 Å². The summed E-state index contributed by atoms with van der Waals surface area (Å²) in [6.45, 7) is 0. The molecule has 0 heterocycles. The third-order valence-electron chi connectivity index (χ3n) is 2.75. The van der Waals surface area contributed by atoms with E-state index < -0.39 is 0 Å². The maximum Gasteiger partial charge on any atom is 0.277 e. The molecule has 0 aliphatic heterocycles. The molecule has 2 rings (SSSR count). The molecule has 0 atom stereocenters. The minimum atomic E-state index is -0.191. The van der Waals surface area contributed by atoms with Crippen molar-refractivity contribution in [3.8, 4) is 0 Å². The van der Waals surface area contributed by atoms with Gasteiger partial charge in [-0.05, 0) is 16.8 Å². The lowest BCUT2D eigenvalue weighted by atomic mass is 9.88. The van der Waals surface area contributed by atoms with Gasteiger partial charge in [-0.15, -0.1) is 0 Å². The minimum absolute atomic E-state index is 0.191. The molecule has 0 unspecified atom stereocenters.